The first-order chi connectivity index (χ1) is 3.68. The zero-order valence-corrected chi connectivity index (χ0v) is 8.48. The van der Waals surface area contributed by atoms with Gasteiger partial charge >= 0.3 is 0 Å². The fourth-order valence-corrected chi connectivity index (χ4v) is 0.824. The molecule has 0 aliphatic rings. The van der Waals surface area contributed by atoms with Gasteiger partial charge in [0, 0.05) is 27.6 Å². The molecule has 0 spiro atoms. The number of aliphatic hydroxyl groups excluding tert-OH is 1. The van der Waals surface area contributed by atoms with E-state index in [0.717, 1.165) is 0 Å². The number of halogens is 3. The van der Waals surface area contributed by atoms with Crippen molar-refractivity contribution in [1.82, 2.24) is 0 Å². The molecule has 9 heavy (non-hydrogen) atoms. The van der Waals surface area contributed by atoms with Crippen molar-refractivity contribution < 1.29 is 26.8 Å². The Hall–Kier alpha value is 1.54. The van der Waals surface area contributed by atoms with Gasteiger partial charge in [0.25, 0.3) is 0 Å². The van der Waals surface area contributed by atoms with E-state index in [1.165, 1.54) is 0 Å². The summed E-state index contributed by atoms with van der Waals surface area (Å²) in [6.07, 6.45) is 0.535. The largest absolute Gasteiger partial charge is 0.376 e. The summed E-state index contributed by atoms with van der Waals surface area (Å²) in [5.41, 5.74) is -0.976. The fraction of sp³-hybridized carbons (Fsp3) is 1.00. The van der Waals surface area contributed by atoms with E-state index < -0.39 is 10.9 Å². The second-order valence-electron chi connectivity index (χ2n) is 1.37. The van der Waals surface area contributed by atoms with E-state index in [2.05, 4.69) is 0 Å². The van der Waals surface area contributed by atoms with Gasteiger partial charge in [-0.3, -0.25) is 0 Å². The van der Waals surface area contributed by atoms with Crippen molar-refractivity contribution in [1.29, 1.82) is 0 Å². The Labute approximate surface area is 84.5 Å². The van der Waals surface area contributed by atoms with Crippen molar-refractivity contribution in [3.05, 3.63) is 0 Å². The van der Waals surface area contributed by atoms with E-state index in [1.54, 1.807) is 0 Å². The van der Waals surface area contributed by atoms with E-state index in [-0.39, 0.29) is 21.7 Å². The van der Waals surface area contributed by atoms with Gasteiger partial charge in [0.15, 0.2) is 0 Å². The molecule has 2 atom stereocenters. The van der Waals surface area contributed by atoms with Crippen molar-refractivity contribution in [2.75, 3.05) is 5.88 Å². The van der Waals surface area contributed by atoms with Crippen molar-refractivity contribution in [3.63, 3.8) is 0 Å². The van der Waals surface area contributed by atoms with Crippen LogP contribution in [0.1, 0.15) is 6.42 Å². The van der Waals surface area contributed by atoms with Gasteiger partial charge in [0.2, 0.25) is 0 Å². The molecular weight excluding hydrogens is 218 g/mol. The summed E-state index contributed by atoms with van der Waals surface area (Å²) in [7, 11) is 0. The van der Waals surface area contributed by atoms with Crippen molar-refractivity contribution in [2.24, 2.45) is 0 Å². The van der Waals surface area contributed by atoms with Crippen molar-refractivity contribution in [2.45, 2.75) is 17.4 Å². The maximum atomic E-state index is 8.53. The average molecular weight is 225 g/mol. The molecule has 1 nitrogen and oxygen atoms in total. The van der Waals surface area contributed by atoms with Crippen LogP contribution >= 0.6 is 34.8 Å². The number of aliphatic hydroxyl groups is 1. The molecular formula is C4H7Cl3OTi. The molecule has 1 N–H and O–H groups in total. The topological polar surface area (TPSA) is 20.2 Å². The molecule has 0 saturated heterocycles. The minimum atomic E-state index is -0.976. The van der Waals surface area contributed by atoms with Crippen LogP contribution in [0.2, 0.25) is 0 Å². The molecule has 0 aliphatic carbocycles. The molecule has 54 valence electrons. The summed E-state index contributed by atoms with van der Waals surface area (Å²) < 4.78 is 0. The smallest absolute Gasteiger partial charge is 0.144 e. The first kappa shape index (κ1) is 13.2. The van der Waals surface area contributed by atoms with E-state index >= 15 is 0 Å². The predicted octanol–water partition coefficient (Wildman–Crippen LogP) is 1.78. The van der Waals surface area contributed by atoms with E-state index in [0.29, 0.717) is 12.3 Å². The second kappa shape index (κ2) is 7.65. The monoisotopic (exact) mass is 224 g/mol. The second-order valence-corrected chi connectivity index (χ2v) is 2.75. The Balaban J connectivity index is 0. The van der Waals surface area contributed by atoms with Crippen molar-refractivity contribution in [3.8, 4) is 0 Å². The summed E-state index contributed by atoms with van der Waals surface area (Å²) in [5.74, 6) is 0.429. The molecule has 0 amide bonds. The third-order valence-electron chi connectivity index (χ3n) is 0.683. The molecule has 0 aliphatic heterocycles. The number of hydrogen-bond acceptors (Lipinski definition) is 1. The van der Waals surface area contributed by atoms with Crippen LogP contribution in [-0.2, 0) is 21.7 Å². The van der Waals surface area contributed by atoms with Crippen LogP contribution in [-0.4, -0.2) is 21.9 Å². The summed E-state index contributed by atoms with van der Waals surface area (Å²) >= 11 is 15.9. The maximum absolute atomic E-state index is 8.53. The van der Waals surface area contributed by atoms with Crippen LogP contribution in [0.15, 0.2) is 0 Å². The van der Waals surface area contributed by atoms with Gasteiger partial charge in [-0.25, -0.2) is 0 Å². The molecule has 0 fully saturated rings. The van der Waals surface area contributed by atoms with Crippen LogP contribution < -0.4 is 0 Å². The molecule has 0 aromatic heterocycles. The Morgan fingerprint density at radius 1 is 1.33 bits per heavy atom. The molecule has 0 radical (unpaired) electrons. The minimum absolute atomic E-state index is 0. The summed E-state index contributed by atoms with van der Waals surface area (Å²) in [6.45, 7) is 0. The minimum Gasteiger partial charge on any atom is -0.376 e. The summed E-state index contributed by atoms with van der Waals surface area (Å²) in [5, 5.41) is 8.10. The standard InChI is InChI=1S/C4H7Cl3O.Ti/c5-2-1-3(6)4(7)8;/h3-4,8H,1-2H2;. The van der Waals surface area contributed by atoms with Gasteiger partial charge in [0.05, 0.1) is 5.38 Å². The fourth-order valence-electron chi connectivity index (χ4n) is 0.242. The van der Waals surface area contributed by atoms with E-state index in [1.807, 2.05) is 0 Å². The first-order valence-corrected chi connectivity index (χ1v) is 3.61. The van der Waals surface area contributed by atoms with Gasteiger partial charge in [-0.2, -0.15) is 0 Å². The van der Waals surface area contributed by atoms with Crippen LogP contribution in [0.3, 0.4) is 0 Å². The molecule has 0 bridgehead atoms. The van der Waals surface area contributed by atoms with Crippen molar-refractivity contribution >= 4 is 34.8 Å². The summed E-state index contributed by atoms with van der Waals surface area (Å²) in [4.78, 5) is 0. The molecule has 0 aromatic rings. The molecule has 0 rings (SSSR count). The predicted molar refractivity (Wildman–Crippen MR) is 36.8 cm³/mol. The molecule has 5 heteroatoms. The summed E-state index contributed by atoms with van der Waals surface area (Å²) in [6, 6.07) is 0. The Kier molecular flexibility index (Phi) is 11.2. The number of hydrogen-bond donors (Lipinski definition) is 1. The Morgan fingerprint density at radius 3 is 1.89 bits per heavy atom. The van der Waals surface area contributed by atoms with Crippen LogP contribution in [0, 0.1) is 0 Å². The van der Waals surface area contributed by atoms with E-state index in [4.69, 9.17) is 39.9 Å². The van der Waals surface area contributed by atoms with Gasteiger partial charge in [-0.05, 0) is 6.42 Å². The van der Waals surface area contributed by atoms with Gasteiger partial charge in [-0.1, -0.05) is 11.6 Å². The zero-order chi connectivity index (χ0) is 6.57. The Bertz CT molecular complexity index is 61.8. The van der Waals surface area contributed by atoms with Crippen LogP contribution in [0.4, 0.5) is 0 Å². The van der Waals surface area contributed by atoms with Gasteiger partial charge in [-0.15, -0.1) is 23.2 Å². The van der Waals surface area contributed by atoms with Crippen LogP contribution in [0.5, 0.6) is 0 Å². The third-order valence-corrected chi connectivity index (χ3v) is 1.79. The molecule has 2 unspecified atom stereocenters. The molecule has 0 saturated carbocycles. The SMILES string of the molecule is OC(Cl)C(Cl)CCCl.[Ti]. The van der Waals surface area contributed by atoms with E-state index in [9.17, 15) is 0 Å². The Morgan fingerprint density at radius 2 is 1.78 bits per heavy atom. The van der Waals surface area contributed by atoms with Crippen LogP contribution in [0.25, 0.3) is 0 Å². The zero-order valence-electron chi connectivity index (χ0n) is 4.65. The first-order valence-electron chi connectivity index (χ1n) is 2.20. The molecule has 0 aromatic carbocycles. The number of rotatable bonds is 3. The van der Waals surface area contributed by atoms with Gasteiger partial charge < -0.3 is 5.11 Å². The normalized spacial score (nSPS) is 16.0. The third kappa shape index (κ3) is 7.44. The van der Waals surface area contributed by atoms with Gasteiger partial charge in [0.1, 0.15) is 5.56 Å². The maximum Gasteiger partial charge on any atom is 0.144 e. The quantitative estimate of drug-likeness (QED) is 0.573. The number of alkyl halides is 3. The molecule has 0 heterocycles. The average Bonchev–Trinajstić information content (AvgIpc) is 1.67.